The minimum atomic E-state index is -0.904. The molecule has 0 aliphatic carbocycles. The van der Waals surface area contributed by atoms with E-state index in [9.17, 15) is 9.59 Å². The minimum Gasteiger partial charge on any atom is -0.480 e. The molecule has 0 radical (unpaired) electrons. The maximum atomic E-state index is 10.4. The van der Waals surface area contributed by atoms with Crippen LogP contribution >= 0.6 is 11.8 Å². The maximum absolute atomic E-state index is 10.4. The van der Waals surface area contributed by atoms with Crippen molar-refractivity contribution in [1.82, 2.24) is 0 Å². The molecule has 1 heterocycles. The quantitative estimate of drug-likeness (QED) is 0.637. The number of rotatable bonds is 2. The molecular formula is C6H8O4S. The smallest absolute Gasteiger partial charge is 0.316 e. The molecule has 2 N–H and O–H groups in total. The SMILES string of the molecule is O=C(O)C1CCC(C(=O)O)S1. The third-order valence-electron chi connectivity index (χ3n) is 1.57. The van der Waals surface area contributed by atoms with Crippen molar-refractivity contribution < 1.29 is 19.8 Å². The summed E-state index contributed by atoms with van der Waals surface area (Å²) in [7, 11) is 0. The lowest BCUT2D eigenvalue weighted by atomic mass is 10.2. The van der Waals surface area contributed by atoms with Crippen LogP contribution in [0.3, 0.4) is 0 Å². The number of carboxylic acids is 2. The molecule has 0 bridgehead atoms. The lowest BCUT2D eigenvalue weighted by Crippen LogP contribution is -2.15. The molecule has 2 atom stereocenters. The highest BCUT2D eigenvalue weighted by Gasteiger charge is 2.34. The van der Waals surface area contributed by atoms with Crippen LogP contribution in [0.5, 0.6) is 0 Å². The van der Waals surface area contributed by atoms with E-state index < -0.39 is 22.4 Å². The van der Waals surface area contributed by atoms with Gasteiger partial charge in [-0.05, 0) is 12.8 Å². The number of carboxylic acid groups (broad SMARTS) is 2. The summed E-state index contributed by atoms with van der Waals surface area (Å²) in [5, 5.41) is 16.0. The second kappa shape index (κ2) is 3.13. The van der Waals surface area contributed by atoms with Gasteiger partial charge in [-0.25, -0.2) is 0 Å². The molecule has 1 fully saturated rings. The second-order valence-corrected chi connectivity index (χ2v) is 3.78. The Morgan fingerprint density at radius 1 is 1.09 bits per heavy atom. The third kappa shape index (κ3) is 1.86. The van der Waals surface area contributed by atoms with Crippen LogP contribution in [0.1, 0.15) is 12.8 Å². The Morgan fingerprint density at radius 3 is 1.64 bits per heavy atom. The normalized spacial score (nSPS) is 30.2. The summed E-state index contributed by atoms with van der Waals surface area (Å²) in [5.41, 5.74) is 0. The fraction of sp³-hybridized carbons (Fsp3) is 0.667. The van der Waals surface area contributed by atoms with E-state index in [0.717, 1.165) is 11.8 Å². The van der Waals surface area contributed by atoms with Gasteiger partial charge in [0, 0.05) is 0 Å². The molecule has 62 valence electrons. The molecule has 0 saturated carbocycles. The van der Waals surface area contributed by atoms with Gasteiger partial charge in [0.2, 0.25) is 0 Å². The van der Waals surface area contributed by atoms with Crippen LogP contribution in [-0.2, 0) is 9.59 Å². The Labute approximate surface area is 67.6 Å². The van der Waals surface area contributed by atoms with Crippen LogP contribution in [0.15, 0.2) is 0 Å². The van der Waals surface area contributed by atoms with E-state index >= 15 is 0 Å². The van der Waals surface area contributed by atoms with E-state index in [1.54, 1.807) is 0 Å². The first-order chi connectivity index (χ1) is 5.11. The summed E-state index contributed by atoms with van der Waals surface area (Å²) in [5.74, 6) is -1.81. The fourth-order valence-corrected chi connectivity index (χ4v) is 2.17. The molecule has 5 heteroatoms. The van der Waals surface area contributed by atoms with Gasteiger partial charge in [-0.15, -0.1) is 11.8 Å². The molecule has 2 unspecified atom stereocenters. The van der Waals surface area contributed by atoms with Gasteiger partial charge in [-0.3, -0.25) is 9.59 Å². The second-order valence-electron chi connectivity index (χ2n) is 2.37. The molecule has 1 aliphatic rings. The summed E-state index contributed by atoms with van der Waals surface area (Å²) in [4.78, 5) is 20.7. The van der Waals surface area contributed by atoms with E-state index in [1.807, 2.05) is 0 Å². The van der Waals surface area contributed by atoms with Crippen molar-refractivity contribution in [3.63, 3.8) is 0 Å². The Balaban J connectivity index is 2.47. The topological polar surface area (TPSA) is 74.6 Å². The Kier molecular flexibility index (Phi) is 2.38. The predicted octanol–water partition coefficient (Wildman–Crippen LogP) is 0.420. The van der Waals surface area contributed by atoms with E-state index in [0.29, 0.717) is 12.8 Å². The molecule has 11 heavy (non-hydrogen) atoms. The Bertz CT molecular complexity index is 171. The average Bonchev–Trinajstić information content (AvgIpc) is 2.33. The van der Waals surface area contributed by atoms with Crippen LogP contribution in [-0.4, -0.2) is 32.7 Å². The van der Waals surface area contributed by atoms with Crippen molar-refractivity contribution in [2.45, 2.75) is 23.3 Å². The number of hydrogen-bond donors (Lipinski definition) is 2. The minimum absolute atomic E-state index is 0.469. The highest BCUT2D eigenvalue weighted by Crippen LogP contribution is 2.33. The van der Waals surface area contributed by atoms with Gasteiger partial charge in [-0.2, -0.15) is 0 Å². The van der Waals surface area contributed by atoms with Crippen molar-refractivity contribution >= 4 is 23.7 Å². The van der Waals surface area contributed by atoms with E-state index in [4.69, 9.17) is 10.2 Å². The molecular weight excluding hydrogens is 168 g/mol. The maximum Gasteiger partial charge on any atom is 0.316 e. The summed E-state index contributed by atoms with van der Waals surface area (Å²) in [6.45, 7) is 0. The van der Waals surface area contributed by atoms with Gasteiger partial charge in [0.25, 0.3) is 0 Å². The van der Waals surface area contributed by atoms with Gasteiger partial charge < -0.3 is 10.2 Å². The molecule has 4 nitrogen and oxygen atoms in total. The lowest BCUT2D eigenvalue weighted by molar-refractivity contribution is -0.137. The number of carbonyl (C=O) groups is 2. The highest BCUT2D eigenvalue weighted by molar-refractivity contribution is 8.02. The zero-order chi connectivity index (χ0) is 8.43. The summed E-state index contributed by atoms with van der Waals surface area (Å²) < 4.78 is 0. The fourth-order valence-electron chi connectivity index (χ4n) is 1.00. The van der Waals surface area contributed by atoms with E-state index in [-0.39, 0.29) is 0 Å². The van der Waals surface area contributed by atoms with E-state index in [2.05, 4.69) is 0 Å². The molecule has 0 amide bonds. The first-order valence-corrected chi connectivity index (χ1v) is 4.16. The Hall–Kier alpha value is -0.710. The predicted molar refractivity (Wildman–Crippen MR) is 39.7 cm³/mol. The van der Waals surface area contributed by atoms with Crippen molar-refractivity contribution in [2.24, 2.45) is 0 Å². The van der Waals surface area contributed by atoms with Crippen LogP contribution in [0.25, 0.3) is 0 Å². The van der Waals surface area contributed by atoms with Crippen LogP contribution in [0.4, 0.5) is 0 Å². The van der Waals surface area contributed by atoms with Crippen molar-refractivity contribution in [3.05, 3.63) is 0 Å². The zero-order valence-electron chi connectivity index (χ0n) is 5.69. The van der Waals surface area contributed by atoms with Gasteiger partial charge in [0.05, 0.1) is 0 Å². The van der Waals surface area contributed by atoms with Gasteiger partial charge in [0.15, 0.2) is 0 Å². The number of hydrogen-bond acceptors (Lipinski definition) is 3. The number of thioether (sulfide) groups is 1. The highest BCUT2D eigenvalue weighted by atomic mass is 32.2. The zero-order valence-corrected chi connectivity index (χ0v) is 6.50. The van der Waals surface area contributed by atoms with Gasteiger partial charge >= 0.3 is 11.9 Å². The molecule has 0 spiro atoms. The Morgan fingerprint density at radius 2 is 1.45 bits per heavy atom. The molecule has 1 rings (SSSR count). The number of aliphatic carboxylic acids is 2. The summed E-state index contributed by atoms with van der Waals surface area (Å²) >= 11 is 1.03. The monoisotopic (exact) mass is 176 g/mol. The molecule has 1 saturated heterocycles. The van der Waals surface area contributed by atoms with Crippen LogP contribution < -0.4 is 0 Å². The van der Waals surface area contributed by atoms with Crippen molar-refractivity contribution in [3.8, 4) is 0 Å². The molecule has 1 aliphatic heterocycles. The van der Waals surface area contributed by atoms with Crippen LogP contribution in [0.2, 0.25) is 0 Å². The van der Waals surface area contributed by atoms with Gasteiger partial charge in [0.1, 0.15) is 10.5 Å². The molecule has 0 aromatic carbocycles. The first-order valence-electron chi connectivity index (χ1n) is 3.22. The third-order valence-corrected chi connectivity index (χ3v) is 3.10. The first kappa shape index (κ1) is 8.39. The van der Waals surface area contributed by atoms with Crippen molar-refractivity contribution in [2.75, 3.05) is 0 Å². The van der Waals surface area contributed by atoms with Gasteiger partial charge in [-0.1, -0.05) is 0 Å². The molecule has 0 aromatic heterocycles. The van der Waals surface area contributed by atoms with Crippen molar-refractivity contribution in [1.29, 1.82) is 0 Å². The average molecular weight is 176 g/mol. The van der Waals surface area contributed by atoms with E-state index in [1.165, 1.54) is 0 Å². The van der Waals surface area contributed by atoms with Crippen LogP contribution in [0, 0.1) is 0 Å². The largest absolute Gasteiger partial charge is 0.480 e. The summed E-state index contributed by atoms with van der Waals surface area (Å²) in [6, 6.07) is 0. The summed E-state index contributed by atoms with van der Waals surface area (Å²) in [6.07, 6.45) is 0.938. The standard InChI is InChI=1S/C6H8O4S/c7-5(8)3-1-2-4(11-3)6(9)10/h3-4H,1-2H2,(H,7,8)(H,9,10). The lowest BCUT2D eigenvalue weighted by Gasteiger charge is -2.01. The molecule has 0 aromatic rings.